The number of carbonyl (C=O) groups is 1. The number of amides is 1. The topological polar surface area (TPSA) is 29.1 Å². The largest absolute Gasteiger partial charge is 0.355 e. The fourth-order valence-corrected chi connectivity index (χ4v) is 1.75. The van der Waals surface area contributed by atoms with Gasteiger partial charge in [0.25, 0.3) is 5.91 Å². The molecule has 2 nitrogen and oxygen atoms in total. The Labute approximate surface area is 103 Å². The Morgan fingerprint density at radius 3 is 2.33 bits per heavy atom. The van der Waals surface area contributed by atoms with Crippen LogP contribution in [0.5, 0.6) is 0 Å². The number of rotatable bonds is 2. The standard InChI is InChI=1S/C14H11F2NO/c1-17-14(18)13-11(3-2-4-12(13)16)9-5-7-10(15)8-6-9/h2-8H,1H3,(H,17,18). The maximum atomic E-state index is 13.7. The molecule has 92 valence electrons. The van der Waals surface area contributed by atoms with Crippen LogP contribution in [0.2, 0.25) is 0 Å². The molecule has 0 atom stereocenters. The second kappa shape index (κ2) is 4.96. The lowest BCUT2D eigenvalue weighted by molar-refractivity contribution is 0.0960. The van der Waals surface area contributed by atoms with Gasteiger partial charge in [-0.1, -0.05) is 24.3 Å². The summed E-state index contributed by atoms with van der Waals surface area (Å²) in [5.74, 6) is -1.49. The highest BCUT2D eigenvalue weighted by atomic mass is 19.1. The van der Waals surface area contributed by atoms with Crippen molar-refractivity contribution in [2.75, 3.05) is 7.05 Å². The summed E-state index contributed by atoms with van der Waals surface area (Å²) in [6.07, 6.45) is 0. The maximum absolute atomic E-state index is 13.7. The van der Waals surface area contributed by atoms with E-state index in [2.05, 4.69) is 5.32 Å². The van der Waals surface area contributed by atoms with Crippen molar-refractivity contribution < 1.29 is 13.6 Å². The van der Waals surface area contributed by atoms with Gasteiger partial charge in [0.1, 0.15) is 11.6 Å². The molecule has 0 saturated heterocycles. The molecule has 0 radical (unpaired) electrons. The third kappa shape index (κ3) is 2.22. The van der Waals surface area contributed by atoms with Crippen molar-refractivity contribution in [3.8, 4) is 11.1 Å². The molecule has 0 saturated carbocycles. The zero-order chi connectivity index (χ0) is 13.1. The van der Waals surface area contributed by atoms with Gasteiger partial charge < -0.3 is 5.32 Å². The highest BCUT2D eigenvalue weighted by molar-refractivity contribution is 6.01. The van der Waals surface area contributed by atoms with Crippen LogP contribution in [0.3, 0.4) is 0 Å². The van der Waals surface area contributed by atoms with Gasteiger partial charge in [0.15, 0.2) is 0 Å². The van der Waals surface area contributed by atoms with Crippen LogP contribution in [-0.2, 0) is 0 Å². The molecule has 0 aromatic heterocycles. The van der Waals surface area contributed by atoms with E-state index in [4.69, 9.17) is 0 Å². The third-order valence-electron chi connectivity index (χ3n) is 2.62. The van der Waals surface area contributed by atoms with E-state index in [0.29, 0.717) is 11.1 Å². The number of hydrogen-bond acceptors (Lipinski definition) is 1. The maximum Gasteiger partial charge on any atom is 0.254 e. The Bertz CT molecular complexity index is 579. The first kappa shape index (κ1) is 12.2. The fraction of sp³-hybridized carbons (Fsp3) is 0.0714. The summed E-state index contributed by atoms with van der Waals surface area (Å²) in [7, 11) is 1.43. The van der Waals surface area contributed by atoms with E-state index in [-0.39, 0.29) is 11.4 Å². The predicted molar refractivity (Wildman–Crippen MR) is 65.2 cm³/mol. The van der Waals surface area contributed by atoms with Crippen molar-refractivity contribution in [1.82, 2.24) is 5.32 Å². The van der Waals surface area contributed by atoms with Crippen molar-refractivity contribution in [3.05, 3.63) is 59.7 Å². The monoisotopic (exact) mass is 247 g/mol. The van der Waals surface area contributed by atoms with Gasteiger partial charge >= 0.3 is 0 Å². The lowest BCUT2D eigenvalue weighted by Crippen LogP contribution is -2.20. The molecular formula is C14H11F2NO. The highest BCUT2D eigenvalue weighted by Crippen LogP contribution is 2.25. The van der Waals surface area contributed by atoms with Gasteiger partial charge in [-0.15, -0.1) is 0 Å². The Hall–Kier alpha value is -2.23. The molecule has 0 aliphatic rings. The molecule has 2 rings (SSSR count). The summed E-state index contributed by atoms with van der Waals surface area (Å²) in [5, 5.41) is 2.39. The van der Waals surface area contributed by atoms with Crippen LogP contribution in [0.25, 0.3) is 11.1 Å². The number of nitrogens with one attached hydrogen (secondary N) is 1. The van der Waals surface area contributed by atoms with Crippen LogP contribution in [-0.4, -0.2) is 13.0 Å². The van der Waals surface area contributed by atoms with Crippen LogP contribution in [0.1, 0.15) is 10.4 Å². The molecule has 2 aromatic rings. The van der Waals surface area contributed by atoms with Gasteiger partial charge in [0.05, 0.1) is 5.56 Å². The minimum Gasteiger partial charge on any atom is -0.355 e. The van der Waals surface area contributed by atoms with Crippen LogP contribution in [0.15, 0.2) is 42.5 Å². The van der Waals surface area contributed by atoms with Gasteiger partial charge in [0.2, 0.25) is 0 Å². The SMILES string of the molecule is CNC(=O)c1c(F)cccc1-c1ccc(F)cc1. The first-order chi connectivity index (χ1) is 8.63. The Balaban J connectivity index is 2.60. The molecule has 0 aliphatic carbocycles. The second-order valence-electron chi connectivity index (χ2n) is 3.75. The molecule has 0 fully saturated rings. The molecule has 1 amide bonds. The lowest BCUT2D eigenvalue weighted by atomic mass is 9.98. The summed E-state index contributed by atoms with van der Waals surface area (Å²) in [4.78, 5) is 11.7. The number of halogens is 2. The van der Waals surface area contributed by atoms with Gasteiger partial charge in [-0.2, -0.15) is 0 Å². The first-order valence-electron chi connectivity index (χ1n) is 5.40. The molecular weight excluding hydrogens is 236 g/mol. The normalized spacial score (nSPS) is 10.2. The molecule has 4 heteroatoms. The van der Waals surface area contributed by atoms with Crippen LogP contribution < -0.4 is 5.32 Å². The van der Waals surface area contributed by atoms with E-state index in [9.17, 15) is 13.6 Å². The average molecular weight is 247 g/mol. The minimum absolute atomic E-state index is 0.0355. The van der Waals surface area contributed by atoms with E-state index in [0.717, 1.165) is 0 Å². The van der Waals surface area contributed by atoms with Crippen LogP contribution >= 0.6 is 0 Å². The van der Waals surface area contributed by atoms with Crippen molar-refractivity contribution >= 4 is 5.91 Å². The number of benzene rings is 2. The zero-order valence-electron chi connectivity index (χ0n) is 9.71. The number of carbonyl (C=O) groups excluding carboxylic acids is 1. The van der Waals surface area contributed by atoms with Crippen molar-refractivity contribution in [2.24, 2.45) is 0 Å². The molecule has 2 aromatic carbocycles. The molecule has 0 heterocycles. The predicted octanol–water partition coefficient (Wildman–Crippen LogP) is 2.99. The van der Waals surface area contributed by atoms with Gasteiger partial charge in [0, 0.05) is 7.05 Å². The van der Waals surface area contributed by atoms with E-state index >= 15 is 0 Å². The molecule has 0 spiro atoms. The lowest BCUT2D eigenvalue weighted by Gasteiger charge is -2.09. The van der Waals surface area contributed by atoms with Gasteiger partial charge in [-0.25, -0.2) is 8.78 Å². The number of hydrogen-bond donors (Lipinski definition) is 1. The molecule has 18 heavy (non-hydrogen) atoms. The quantitative estimate of drug-likeness (QED) is 0.868. The Morgan fingerprint density at radius 1 is 1.06 bits per heavy atom. The van der Waals surface area contributed by atoms with Crippen molar-refractivity contribution in [3.63, 3.8) is 0 Å². The molecule has 1 N–H and O–H groups in total. The molecule has 0 bridgehead atoms. The van der Waals surface area contributed by atoms with E-state index in [1.165, 1.54) is 43.4 Å². The Kier molecular flexibility index (Phi) is 3.37. The first-order valence-corrected chi connectivity index (χ1v) is 5.40. The minimum atomic E-state index is -0.601. The van der Waals surface area contributed by atoms with Crippen molar-refractivity contribution in [1.29, 1.82) is 0 Å². The van der Waals surface area contributed by atoms with Gasteiger partial charge in [-0.05, 0) is 29.3 Å². The van der Waals surface area contributed by atoms with Crippen LogP contribution in [0, 0.1) is 11.6 Å². The summed E-state index contributed by atoms with van der Waals surface area (Å²) >= 11 is 0. The van der Waals surface area contributed by atoms with E-state index in [1.807, 2.05) is 0 Å². The zero-order valence-corrected chi connectivity index (χ0v) is 9.71. The van der Waals surface area contributed by atoms with Gasteiger partial charge in [-0.3, -0.25) is 4.79 Å². The summed E-state index contributed by atoms with van der Waals surface area (Å²) < 4.78 is 26.6. The van der Waals surface area contributed by atoms with E-state index in [1.54, 1.807) is 6.07 Å². The molecule has 0 aliphatic heterocycles. The second-order valence-corrected chi connectivity index (χ2v) is 3.75. The summed E-state index contributed by atoms with van der Waals surface area (Å²) in [6.45, 7) is 0. The highest BCUT2D eigenvalue weighted by Gasteiger charge is 2.16. The fourth-order valence-electron chi connectivity index (χ4n) is 1.75. The average Bonchev–Trinajstić information content (AvgIpc) is 2.38. The van der Waals surface area contributed by atoms with Crippen LogP contribution in [0.4, 0.5) is 8.78 Å². The summed E-state index contributed by atoms with van der Waals surface area (Å²) in [6, 6.07) is 9.92. The molecule has 0 unspecified atom stereocenters. The summed E-state index contributed by atoms with van der Waals surface area (Å²) in [5.41, 5.74) is 0.996. The van der Waals surface area contributed by atoms with E-state index < -0.39 is 11.7 Å². The smallest absolute Gasteiger partial charge is 0.254 e. The third-order valence-corrected chi connectivity index (χ3v) is 2.62. The Morgan fingerprint density at radius 2 is 1.72 bits per heavy atom. The van der Waals surface area contributed by atoms with Crippen molar-refractivity contribution in [2.45, 2.75) is 0 Å².